The summed E-state index contributed by atoms with van der Waals surface area (Å²) in [5, 5.41) is 11.5. The van der Waals surface area contributed by atoms with Gasteiger partial charge in [-0.3, -0.25) is 0 Å². The maximum Gasteiger partial charge on any atom is 0.165 e. The average Bonchev–Trinajstić information content (AvgIpc) is 2.72. The zero-order chi connectivity index (χ0) is 19.1. The lowest BCUT2D eigenvalue weighted by Gasteiger charge is -2.42. The number of piperidine rings is 1. The number of aryl methyl sites for hydroxylation is 1. The second kappa shape index (κ2) is 7.08. The van der Waals surface area contributed by atoms with E-state index in [0.29, 0.717) is 11.4 Å². The highest BCUT2D eigenvalue weighted by Crippen LogP contribution is 2.39. The molecule has 144 valence electrons. The van der Waals surface area contributed by atoms with Crippen molar-refractivity contribution in [2.75, 3.05) is 18.0 Å². The summed E-state index contributed by atoms with van der Waals surface area (Å²) in [6.45, 7) is 4.24. The van der Waals surface area contributed by atoms with Gasteiger partial charge in [0.2, 0.25) is 0 Å². The zero-order valence-corrected chi connectivity index (χ0v) is 16.4. The van der Waals surface area contributed by atoms with Crippen LogP contribution in [0.15, 0.2) is 42.5 Å². The molecule has 2 heterocycles. The Morgan fingerprint density at radius 1 is 0.964 bits per heavy atom. The molecule has 0 spiro atoms. The maximum atomic E-state index is 10.4. The molecule has 2 atom stereocenters. The highest BCUT2D eigenvalue weighted by Gasteiger charge is 2.32. The van der Waals surface area contributed by atoms with Gasteiger partial charge in [0.05, 0.1) is 11.1 Å². The van der Waals surface area contributed by atoms with E-state index >= 15 is 0 Å². The molecule has 1 saturated carbocycles. The van der Waals surface area contributed by atoms with Crippen LogP contribution >= 0.6 is 0 Å². The van der Waals surface area contributed by atoms with Crippen molar-refractivity contribution in [3.05, 3.63) is 48.0 Å². The van der Waals surface area contributed by atoms with E-state index in [-0.39, 0.29) is 5.75 Å². The van der Waals surface area contributed by atoms with Crippen molar-refractivity contribution in [3.8, 4) is 17.1 Å². The van der Waals surface area contributed by atoms with Crippen molar-refractivity contribution in [3.63, 3.8) is 0 Å². The fourth-order valence-electron chi connectivity index (χ4n) is 5.04. The van der Waals surface area contributed by atoms with E-state index in [9.17, 15) is 5.11 Å². The Bertz CT molecular complexity index is 1020. The van der Waals surface area contributed by atoms with Gasteiger partial charge in [-0.1, -0.05) is 37.5 Å². The number of aromatic nitrogens is 2. The van der Waals surface area contributed by atoms with Crippen molar-refractivity contribution in [1.29, 1.82) is 0 Å². The van der Waals surface area contributed by atoms with E-state index in [0.717, 1.165) is 41.6 Å². The van der Waals surface area contributed by atoms with Gasteiger partial charge in [0.1, 0.15) is 11.6 Å². The first kappa shape index (κ1) is 17.5. The number of hydrogen-bond donors (Lipinski definition) is 1. The number of benzene rings is 2. The summed E-state index contributed by atoms with van der Waals surface area (Å²) in [7, 11) is 0. The van der Waals surface area contributed by atoms with Crippen LogP contribution in [0.25, 0.3) is 22.3 Å². The molecule has 0 amide bonds. The average molecular weight is 374 g/mol. The van der Waals surface area contributed by atoms with E-state index in [2.05, 4.69) is 30.0 Å². The monoisotopic (exact) mass is 373 g/mol. The number of phenolic OH excluding ortho intramolecular Hbond substituents is 1. The highest BCUT2D eigenvalue weighted by molar-refractivity contribution is 5.92. The first-order valence-corrected chi connectivity index (χ1v) is 10.5. The highest BCUT2D eigenvalue weighted by atomic mass is 16.3. The van der Waals surface area contributed by atoms with Gasteiger partial charge in [0.15, 0.2) is 5.82 Å². The van der Waals surface area contributed by atoms with Gasteiger partial charge in [0, 0.05) is 18.5 Å². The lowest BCUT2D eigenvalue weighted by atomic mass is 9.75. The largest absolute Gasteiger partial charge is 0.507 e. The predicted molar refractivity (Wildman–Crippen MR) is 114 cm³/mol. The molecular formula is C24H27N3O. The standard InChI is InChI=1S/C24H27N3O/c1-16-10-11-19-21(14-16)25-23(20-8-4-5-9-22(20)28)26-24(19)27-13-12-17-6-2-3-7-18(17)15-27/h4-5,8-11,14,17-18,28H,2-3,6-7,12-13,15H2,1H3. The quantitative estimate of drug-likeness (QED) is 0.660. The van der Waals surface area contributed by atoms with Crippen LogP contribution in [0, 0.1) is 18.8 Å². The van der Waals surface area contributed by atoms with Crippen molar-refractivity contribution in [2.24, 2.45) is 11.8 Å². The summed E-state index contributed by atoms with van der Waals surface area (Å²) in [5.74, 6) is 3.53. The molecule has 2 unspecified atom stereocenters. The van der Waals surface area contributed by atoms with E-state index in [1.807, 2.05) is 18.2 Å². The maximum absolute atomic E-state index is 10.4. The summed E-state index contributed by atoms with van der Waals surface area (Å²) in [6.07, 6.45) is 6.76. The van der Waals surface area contributed by atoms with Crippen LogP contribution in [0.4, 0.5) is 5.82 Å². The Morgan fingerprint density at radius 3 is 2.64 bits per heavy atom. The smallest absolute Gasteiger partial charge is 0.165 e. The number of rotatable bonds is 2. The number of nitrogens with zero attached hydrogens (tertiary/aromatic N) is 3. The SMILES string of the molecule is Cc1ccc2c(N3CCC4CCCCC4C3)nc(-c3ccccc3O)nc2c1. The Balaban J connectivity index is 1.62. The van der Waals surface area contributed by atoms with Crippen molar-refractivity contribution >= 4 is 16.7 Å². The van der Waals surface area contributed by atoms with E-state index in [1.54, 1.807) is 6.07 Å². The zero-order valence-electron chi connectivity index (χ0n) is 16.4. The molecule has 4 nitrogen and oxygen atoms in total. The summed E-state index contributed by atoms with van der Waals surface area (Å²) in [4.78, 5) is 12.3. The van der Waals surface area contributed by atoms with E-state index in [4.69, 9.17) is 9.97 Å². The Morgan fingerprint density at radius 2 is 1.79 bits per heavy atom. The molecule has 28 heavy (non-hydrogen) atoms. The van der Waals surface area contributed by atoms with Crippen molar-refractivity contribution in [2.45, 2.75) is 39.0 Å². The fourth-order valence-corrected chi connectivity index (χ4v) is 5.04. The molecule has 2 aliphatic rings. The van der Waals surface area contributed by atoms with Gasteiger partial charge < -0.3 is 10.0 Å². The van der Waals surface area contributed by atoms with Crippen LogP contribution in [-0.4, -0.2) is 28.2 Å². The lowest BCUT2D eigenvalue weighted by molar-refractivity contribution is 0.202. The first-order chi connectivity index (χ1) is 13.7. The third-order valence-electron chi connectivity index (χ3n) is 6.57. The van der Waals surface area contributed by atoms with Gasteiger partial charge >= 0.3 is 0 Å². The molecular weight excluding hydrogens is 346 g/mol. The van der Waals surface area contributed by atoms with Gasteiger partial charge in [-0.25, -0.2) is 9.97 Å². The molecule has 5 rings (SSSR count). The number of anilines is 1. The molecule has 2 fully saturated rings. The lowest BCUT2D eigenvalue weighted by Crippen LogP contribution is -2.42. The van der Waals surface area contributed by atoms with Gasteiger partial charge in [-0.05, 0) is 61.4 Å². The van der Waals surface area contributed by atoms with Crippen LogP contribution < -0.4 is 4.90 Å². The van der Waals surface area contributed by atoms with Crippen LogP contribution in [0.2, 0.25) is 0 Å². The molecule has 0 bridgehead atoms. The Kier molecular flexibility index (Phi) is 4.42. The third kappa shape index (κ3) is 3.11. The van der Waals surface area contributed by atoms with Gasteiger partial charge in [0.25, 0.3) is 0 Å². The minimum atomic E-state index is 0.228. The van der Waals surface area contributed by atoms with Crippen LogP contribution in [0.3, 0.4) is 0 Å². The first-order valence-electron chi connectivity index (χ1n) is 10.5. The molecule has 1 aliphatic heterocycles. The fraction of sp³-hybridized carbons (Fsp3) is 0.417. The normalized spacial score (nSPS) is 22.2. The molecule has 3 aromatic rings. The molecule has 1 aliphatic carbocycles. The molecule has 1 saturated heterocycles. The van der Waals surface area contributed by atoms with E-state index < -0.39 is 0 Å². The summed E-state index contributed by atoms with van der Waals surface area (Å²) >= 11 is 0. The molecule has 4 heteroatoms. The number of hydrogen-bond acceptors (Lipinski definition) is 4. The second-order valence-corrected chi connectivity index (χ2v) is 8.45. The number of fused-ring (bicyclic) bond motifs is 2. The van der Waals surface area contributed by atoms with Crippen LogP contribution in [0.5, 0.6) is 5.75 Å². The molecule has 1 aromatic heterocycles. The Hall–Kier alpha value is -2.62. The van der Waals surface area contributed by atoms with Gasteiger partial charge in [-0.15, -0.1) is 0 Å². The van der Waals surface area contributed by atoms with Crippen molar-refractivity contribution < 1.29 is 5.11 Å². The molecule has 1 N–H and O–H groups in total. The summed E-state index contributed by atoms with van der Waals surface area (Å²) in [5.41, 5.74) is 2.83. The minimum absolute atomic E-state index is 0.228. The number of aromatic hydroxyl groups is 1. The minimum Gasteiger partial charge on any atom is -0.507 e. The molecule has 2 aromatic carbocycles. The van der Waals surface area contributed by atoms with Crippen LogP contribution in [0.1, 0.15) is 37.7 Å². The number of phenols is 1. The molecule has 0 radical (unpaired) electrons. The van der Waals surface area contributed by atoms with Gasteiger partial charge in [-0.2, -0.15) is 0 Å². The predicted octanol–water partition coefficient (Wildman–Crippen LogP) is 5.33. The summed E-state index contributed by atoms with van der Waals surface area (Å²) < 4.78 is 0. The number of para-hydroxylation sites is 1. The topological polar surface area (TPSA) is 49.2 Å². The Labute approximate surface area is 166 Å². The van der Waals surface area contributed by atoms with Crippen LogP contribution in [-0.2, 0) is 0 Å². The third-order valence-corrected chi connectivity index (χ3v) is 6.57. The van der Waals surface area contributed by atoms with E-state index in [1.165, 1.54) is 37.7 Å². The van der Waals surface area contributed by atoms with Crippen molar-refractivity contribution in [1.82, 2.24) is 9.97 Å². The second-order valence-electron chi connectivity index (χ2n) is 8.45. The summed E-state index contributed by atoms with van der Waals surface area (Å²) in [6, 6.07) is 13.8.